The van der Waals surface area contributed by atoms with Gasteiger partial charge in [0.2, 0.25) is 0 Å². The summed E-state index contributed by atoms with van der Waals surface area (Å²) in [6, 6.07) is 12.8. The Morgan fingerprint density at radius 3 is 2.20 bits per heavy atom. The van der Waals surface area contributed by atoms with E-state index in [0.717, 1.165) is 37.8 Å². The smallest absolute Gasteiger partial charge is 0.333 e. The van der Waals surface area contributed by atoms with Gasteiger partial charge in [-0.3, -0.25) is 0 Å². The quantitative estimate of drug-likeness (QED) is 0.462. The Labute approximate surface area is 185 Å². The van der Waals surface area contributed by atoms with E-state index in [1.165, 1.54) is 26.7 Å². The number of nitrogens with zero attached hydrogens (tertiary/aromatic N) is 1. The maximum atomic E-state index is 11.4. The van der Waals surface area contributed by atoms with E-state index in [2.05, 4.69) is 39.9 Å². The molecular weight excluding hydrogens is 414 g/mol. The molecule has 4 rings (SSSR count). The summed E-state index contributed by atoms with van der Waals surface area (Å²) in [7, 11) is 0. The van der Waals surface area contributed by atoms with Crippen molar-refractivity contribution in [2.45, 2.75) is 45.1 Å². The Morgan fingerprint density at radius 2 is 1.63 bits per heavy atom. The zero-order chi connectivity index (χ0) is 20.9. The van der Waals surface area contributed by atoms with Crippen LogP contribution in [-0.2, 0) is 35.2 Å². The number of aryl methyl sites for hydroxylation is 2. The van der Waals surface area contributed by atoms with Gasteiger partial charge < -0.3 is 14.7 Å². The summed E-state index contributed by atoms with van der Waals surface area (Å²) in [6.45, 7) is 3.40. The van der Waals surface area contributed by atoms with Gasteiger partial charge in [0.05, 0.1) is 10.0 Å². The van der Waals surface area contributed by atoms with Gasteiger partial charge in [0.25, 0.3) is 0 Å². The summed E-state index contributed by atoms with van der Waals surface area (Å²) in [4.78, 5) is 13.9. The molecule has 4 nitrogen and oxygen atoms in total. The van der Waals surface area contributed by atoms with Crippen molar-refractivity contribution in [2.75, 3.05) is 18.1 Å². The molecule has 6 heteroatoms. The van der Waals surface area contributed by atoms with Gasteiger partial charge in [-0.05, 0) is 70.8 Å². The zero-order valence-electron chi connectivity index (χ0n) is 17.2. The van der Waals surface area contributed by atoms with E-state index in [0.29, 0.717) is 13.0 Å². The first-order chi connectivity index (χ1) is 14.7. The molecule has 2 aromatic heterocycles. The molecule has 1 atom stereocenters. The number of hydrogen-bond donors (Lipinski definition) is 1. The lowest BCUT2D eigenvalue weighted by molar-refractivity contribution is -0.150. The minimum atomic E-state index is -0.896. The van der Waals surface area contributed by atoms with Gasteiger partial charge in [0.15, 0.2) is 6.10 Å². The molecule has 0 saturated carbocycles. The topological polar surface area (TPSA) is 49.8 Å². The van der Waals surface area contributed by atoms with E-state index < -0.39 is 12.1 Å². The monoisotopic (exact) mass is 441 g/mol. The number of carbonyl (C=O) groups is 1. The molecule has 3 aromatic rings. The zero-order valence-corrected chi connectivity index (χ0v) is 18.8. The molecule has 0 saturated heterocycles. The summed E-state index contributed by atoms with van der Waals surface area (Å²) in [5, 5.41) is 16.5. The normalized spacial score (nSPS) is 14.1. The summed E-state index contributed by atoms with van der Waals surface area (Å²) >= 11 is 3.66. The molecule has 0 amide bonds. The van der Waals surface area contributed by atoms with Crippen molar-refractivity contribution < 1.29 is 14.6 Å². The second-order valence-electron chi connectivity index (χ2n) is 7.62. The van der Waals surface area contributed by atoms with Gasteiger partial charge in [0.1, 0.15) is 0 Å². The molecule has 1 N–H and O–H groups in total. The lowest BCUT2D eigenvalue weighted by atomic mass is 10.0. The second kappa shape index (κ2) is 9.77. The summed E-state index contributed by atoms with van der Waals surface area (Å²) in [5.74, 6) is -0.896. The first-order valence-electron chi connectivity index (χ1n) is 10.5. The van der Waals surface area contributed by atoms with Crippen molar-refractivity contribution in [3.05, 3.63) is 69.4 Å². The van der Waals surface area contributed by atoms with Gasteiger partial charge >= 0.3 is 5.97 Å². The van der Waals surface area contributed by atoms with Crippen LogP contribution in [0.5, 0.6) is 0 Å². The maximum absolute atomic E-state index is 11.4. The lowest BCUT2D eigenvalue weighted by Gasteiger charge is -2.23. The van der Waals surface area contributed by atoms with Crippen LogP contribution in [0.1, 0.15) is 35.6 Å². The van der Waals surface area contributed by atoms with Crippen molar-refractivity contribution in [1.82, 2.24) is 0 Å². The highest BCUT2D eigenvalue weighted by atomic mass is 32.1. The highest BCUT2D eigenvalue weighted by molar-refractivity contribution is 7.16. The second-order valence-corrected chi connectivity index (χ2v) is 9.41. The van der Waals surface area contributed by atoms with Crippen molar-refractivity contribution in [1.29, 1.82) is 0 Å². The number of aliphatic carboxylic acids is 1. The third kappa shape index (κ3) is 4.77. The third-order valence-electron chi connectivity index (χ3n) is 5.47. The average molecular weight is 442 g/mol. The lowest BCUT2D eigenvalue weighted by Crippen LogP contribution is -2.26. The number of carboxylic acid groups (broad SMARTS) is 1. The van der Waals surface area contributed by atoms with Crippen LogP contribution < -0.4 is 4.90 Å². The Bertz CT molecular complexity index is 934. The van der Waals surface area contributed by atoms with Crippen molar-refractivity contribution in [2.24, 2.45) is 0 Å². The fraction of sp³-hybridized carbons (Fsp3) is 0.375. The van der Waals surface area contributed by atoms with Gasteiger partial charge in [-0.25, -0.2) is 4.79 Å². The molecule has 1 aliphatic rings. The van der Waals surface area contributed by atoms with Crippen LogP contribution in [0, 0.1) is 0 Å². The molecule has 1 unspecified atom stereocenters. The molecule has 0 fully saturated rings. The minimum absolute atomic E-state index is 0.402. The summed E-state index contributed by atoms with van der Waals surface area (Å²) in [6.07, 6.45) is 3.61. The summed E-state index contributed by atoms with van der Waals surface area (Å²) in [5.41, 5.74) is 5.16. The van der Waals surface area contributed by atoms with Gasteiger partial charge in [0, 0.05) is 19.6 Å². The number of thiophene rings is 2. The van der Waals surface area contributed by atoms with Crippen molar-refractivity contribution in [3.63, 3.8) is 0 Å². The number of hydrogen-bond acceptors (Lipinski definition) is 5. The van der Waals surface area contributed by atoms with Gasteiger partial charge in [-0.1, -0.05) is 31.2 Å². The number of carboxylic acids is 1. The molecule has 0 radical (unpaired) electrons. The minimum Gasteiger partial charge on any atom is -0.479 e. The van der Waals surface area contributed by atoms with Gasteiger partial charge in [-0.15, -0.1) is 22.7 Å². The Kier molecular flexibility index (Phi) is 6.87. The molecule has 3 heterocycles. The Hall–Kier alpha value is -2.15. The Morgan fingerprint density at radius 1 is 1.03 bits per heavy atom. The molecule has 1 aromatic carbocycles. The molecule has 0 spiro atoms. The van der Waals surface area contributed by atoms with E-state index in [-0.39, 0.29) is 0 Å². The summed E-state index contributed by atoms with van der Waals surface area (Å²) < 4.78 is 5.47. The van der Waals surface area contributed by atoms with Crippen molar-refractivity contribution in [3.8, 4) is 0 Å². The number of ether oxygens (including phenoxy) is 1. The average Bonchev–Trinajstić information content (AvgIpc) is 3.38. The van der Waals surface area contributed by atoms with Crippen LogP contribution in [0.15, 0.2) is 47.2 Å². The number of benzene rings is 1. The van der Waals surface area contributed by atoms with Crippen LogP contribution in [0.25, 0.3) is 0 Å². The molecule has 30 heavy (non-hydrogen) atoms. The first kappa shape index (κ1) is 21.1. The molecule has 0 bridgehead atoms. The Balaban J connectivity index is 1.43. The van der Waals surface area contributed by atoms with Crippen LogP contribution in [0.2, 0.25) is 0 Å². The number of anilines is 2. The van der Waals surface area contributed by atoms with E-state index in [1.54, 1.807) is 0 Å². The molecule has 1 aliphatic heterocycles. The number of fused-ring (bicyclic) bond motifs is 2. The van der Waals surface area contributed by atoms with Crippen LogP contribution in [0.3, 0.4) is 0 Å². The van der Waals surface area contributed by atoms with Gasteiger partial charge in [-0.2, -0.15) is 0 Å². The first-order valence-corrected chi connectivity index (χ1v) is 12.2. The number of rotatable bonds is 9. The van der Waals surface area contributed by atoms with E-state index in [4.69, 9.17) is 4.74 Å². The predicted octanol–water partition coefficient (Wildman–Crippen LogP) is 5.71. The van der Waals surface area contributed by atoms with Crippen LogP contribution in [-0.4, -0.2) is 30.3 Å². The fourth-order valence-electron chi connectivity index (χ4n) is 3.85. The largest absolute Gasteiger partial charge is 0.479 e. The van der Waals surface area contributed by atoms with E-state index >= 15 is 0 Å². The fourth-order valence-corrected chi connectivity index (χ4v) is 5.89. The SMILES string of the molecule is CCCOC(Cc1ccc(CCN2c3sccc3CCc3ccsc32)cc1)C(=O)O. The van der Waals surface area contributed by atoms with Crippen LogP contribution >= 0.6 is 22.7 Å². The van der Waals surface area contributed by atoms with E-state index in [9.17, 15) is 9.90 Å². The molecular formula is C24H27NO3S2. The standard InChI is InChI=1S/C24H27NO3S2/c1-2-13-28-21(24(26)27)16-18-5-3-17(4-6-18)9-12-25-22-19(10-14-29-22)7-8-20-11-15-30-23(20)25/h3-6,10-11,14-15,21H,2,7-9,12-13,16H2,1H3,(H,26,27). The van der Waals surface area contributed by atoms with E-state index in [1.807, 2.05) is 41.7 Å². The maximum Gasteiger partial charge on any atom is 0.333 e. The highest BCUT2D eigenvalue weighted by Crippen LogP contribution is 2.42. The predicted molar refractivity (Wildman–Crippen MR) is 125 cm³/mol. The van der Waals surface area contributed by atoms with Crippen molar-refractivity contribution >= 4 is 38.6 Å². The molecule has 158 valence electrons. The third-order valence-corrected chi connectivity index (χ3v) is 7.42. The van der Waals surface area contributed by atoms with Crippen LogP contribution in [0.4, 0.5) is 10.0 Å². The highest BCUT2D eigenvalue weighted by Gasteiger charge is 2.23. The molecule has 0 aliphatic carbocycles.